The number of rotatable bonds is 7. The summed E-state index contributed by atoms with van der Waals surface area (Å²) in [6, 6.07) is 17.0. The summed E-state index contributed by atoms with van der Waals surface area (Å²) >= 11 is 3.29. The molecule has 0 atom stereocenters. The van der Waals surface area contributed by atoms with Crippen LogP contribution in [0.3, 0.4) is 0 Å². The van der Waals surface area contributed by atoms with Crippen LogP contribution < -0.4 is 9.73 Å². The van der Waals surface area contributed by atoms with Gasteiger partial charge < -0.3 is 0 Å². The van der Waals surface area contributed by atoms with Crippen molar-refractivity contribution in [2.24, 2.45) is 5.10 Å². The molecule has 0 saturated heterocycles. The van der Waals surface area contributed by atoms with Gasteiger partial charge in [-0.2, -0.15) is 18.3 Å². The van der Waals surface area contributed by atoms with Crippen molar-refractivity contribution < 1.29 is 26.4 Å². The van der Waals surface area contributed by atoms with Crippen LogP contribution in [-0.2, 0) is 21.0 Å². The maximum Gasteiger partial charge on any atom is 0.416 e. The number of hydrogen-bond donors (Lipinski definition) is 1. The van der Waals surface area contributed by atoms with Gasteiger partial charge in [-0.25, -0.2) is 13.8 Å². The Hall–Kier alpha value is -3.18. The third-order valence-corrected chi connectivity index (χ3v) is 6.89. The van der Waals surface area contributed by atoms with Crippen LogP contribution in [0.5, 0.6) is 0 Å². The lowest BCUT2D eigenvalue weighted by Gasteiger charge is -2.24. The summed E-state index contributed by atoms with van der Waals surface area (Å²) in [5.41, 5.74) is 2.54. The molecule has 11 heteroatoms. The Morgan fingerprint density at radius 2 is 1.74 bits per heavy atom. The van der Waals surface area contributed by atoms with E-state index in [2.05, 4.69) is 26.5 Å². The minimum absolute atomic E-state index is 0.00153. The Morgan fingerprint density at radius 3 is 2.38 bits per heavy atom. The van der Waals surface area contributed by atoms with Gasteiger partial charge in [0.05, 0.1) is 22.4 Å². The van der Waals surface area contributed by atoms with Crippen LogP contribution in [0.1, 0.15) is 16.7 Å². The maximum atomic E-state index is 13.3. The summed E-state index contributed by atoms with van der Waals surface area (Å²) in [4.78, 5) is 12.5. The molecule has 0 fully saturated rings. The van der Waals surface area contributed by atoms with Gasteiger partial charge in [0.1, 0.15) is 6.54 Å². The van der Waals surface area contributed by atoms with E-state index in [1.165, 1.54) is 30.3 Å². The van der Waals surface area contributed by atoms with Gasteiger partial charge in [0.25, 0.3) is 15.9 Å². The number of aryl methyl sites for hydroxylation is 1. The average Bonchev–Trinajstić information content (AvgIpc) is 2.77. The molecule has 178 valence electrons. The van der Waals surface area contributed by atoms with Crippen LogP contribution in [0.4, 0.5) is 18.9 Å². The van der Waals surface area contributed by atoms with Gasteiger partial charge in [-0.1, -0.05) is 51.8 Å². The molecule has 1 N–H and O–H groups in total. The predicted molar refractivity (Wildman–Crippen MR) is 127 cm³/mol. The van der Waals surface area contributed by atoms with Gasteiger partial charge in [-0.05, 0) is 55.0 Å². The van der Waals surface area contributed by atoms with Gasteiger partial charge in [-0.15, -0.1) is 0 Å². The normalized spacial score (nSPS) is 12.0. The molecule has 0 aromatic heterocycles. The van der Waals surface area contributed by atoms with Crippen molar-refractivity contribution in [3.05, 3.63) is 94.0 Å². The van der Waals surface area contributed by atoms with Crippen LogP contribution in [0.2, 0.25) is 0 Å². The molecular weight excluding hydrogens is 535 g/mol. The molecule has 6 nitrogen and oxygen atoms in total. The highest BCUT2D eigenvalue weighted by atomic mass is 79.9. The molecule has 3 aromatic carbocycles. The van der Waals surface area contributed by atoms with Crippen LogP contribution in [0.25, 0.3) is 0 Å². The Kier molecular flexibility index (Phi) is 7.78. The summed E-state index contributed by atoms with van der Waals surface area (Å²) in [6.45, 7) is 1.21. The molecule has 0 saturated carbocycles. The lowest BCUT2D eigenvalue weighted by Crippen LogP contribution is -2.39. The minimum Gasteiger partial charge on any atom is -0.271 e. The fourth-order valence-electron chi connectivity index (χ4n) is 2.92. The second-order valence-electron chi connectivity index (χ2n) is 7.22. The van der Waals surface area contributed by atoms with Gasteiger partial charge >= 0.3 is 6.18 Å². The molecule has 0 bridgehead atoms. The monoisotopic (exact) mass is 553 g/mol. The molecule has 0 unspecified atom stereocenters. The van der Waals surface area contributed by atoms with E-state index in [0.717, 1.165) is 28.2 Å². The third kappa shape index (κ3) is 6.45. The van der Waals surface area contributed by atoms with E-state index >= 15 is 0 Å². The number of anilines is 1. The van der Waals surface area contributed by atoms with Gasteiger partial charge in [-0.3, -0.25) is 9.10 Å². The van der Waals surface area contributed by atoms with E-state index in [1.807, 2.05) is 6.92 Å². The summed E-state index contributed by atoms with van der Waals surface area (Å²) in [7, 11) is -4.11. The molecule has 0 aliphatic heterocycles. The minimum atomic E-state index is -4.51. The molecule has 0 aliphatic carbocycles. The van der Waals surface area contributed by atoms with Crippen LogP contribution in [0, 0.1) is 6.92 Å². The number of halogens is 4. The van der Waals surface area contributed by atoms with Crippen molar-refractivity contribution in [2.75, 3.05) is 10.8 Å². The van der Waals surface area contributed by atoms with E-state index in [4.69, 9.17) is 0 Å². The number of amides is 1. The highest BCUT2D eigenvalue weighted by Gasteiger charge is 2.30. The molecular formula is C23H19BrF3N3O3S. The Bertz CT molecular complexity index is 1310. The highest BCUT2D eigenvalue weighted by Crippen LogP contribution is 2.29. The zero-order valence-electron chi connectivity index (χ0n) is 17.8. The van der Waals surface area contributed by atoms with E-state index in [-0.39, 0.29) is 16.1 Å². The summed E-state index contributed by atoms with van der Waals surface area (Å²) in [6.07, 6.45) is -3.47. The predicted octanol–water partition coefficient (Wildman–Crippen LogP) is 5.12. The number of alkyl halides is 3. The van der Waals surface area contributed by atoms with Crippen molar-refractivity contribution in [3.63, 3.8) is 0 Å². The fraction of sp³-hybridized carbons (Fsp3) is 0.130. The van der Waals surface area contributed by atoms with Crippen molar-refractivity contribution in [3.8, 4) is 0 Å². The number of nitrogens with zero attached hydrogens (tertiary/aromatic N) is 2. The Labute approximate surface area is 203 Å². The summed E-state index contributed by atoms with van der Waals surface area (Å²) < 4.78 is 66.7. The van der Waals surface area contributed by atoms with Crippen molar-refractivity contribution >= 4 is 43.8 Å². The topological polar surface area (TPSA) is 78.8 Å². The number of hydrazone groups is 1. The number of hydrogen-bond acceptors (Lipinski definition) is 4. The zero-order valence-corrected chi connectivity index (χ0v) is 20.2. The van der Waals surface area contributed by atoms with E-state index in [0.29, 0.717) is 4.47 Å². The first-order chi connectivity index (χ1) is 16.0. The first-order valence-electron chi connectivity index (χ1n) is 9.81. The fourth-order valence-corrected chi connectivity index (χ4v) is 4.72. The SMILES string of the molecule is Cc1ccc(S(=O)(=O)N(CC(=O)N/N=C/c2cccc(C(F)(F)F)c2)c2cccc(Br)c2)cc1. The van der Waals surface area contributed by atoms with Crippen LogP contribution in [-0.4, -0.2) is 27.1 Å². The number of benzene rings is 3. The molecule has 0 spiro atoms. The molecule has 3 rings (SSSR count). The first kappa shape index (κ1) is 25.4. The van der Waals surface area contributed by atoms with Gasteiger partial charge in [0.15, 0.2) is 0 Å². The maximum absolute atomic E-state index is 13.3. The Morgan fingerprint density at radius 1 is 1.06 bits per heavy atom. The molecule has 0 radical (unpaired) electrons. The van der Waals surface area contributed by atoms with Gasteiger partial charge in [0.2, 0.25) is 0 Å². The lowest BCUT2D eigenvalue weighted by atomic mass is 10.1. The summed E-state index contributed by atoms with van der Waals surface area (Å²) in [5, 5.41) is 3.67. The molecule has 3 aromatic rings. The number of carbonyl (C=O) groups excluding carboxylic acids is 1. The van der Waals surface area contributed by atoms with E-state index < -0.39 is 34.2 Å². The number of sulfonamides is 1. The van der Waals surface area contributed by atoms with Crippen molar-refractivity contribution in [1.82, 2.24) is 5.43 Å². The second-order valence-corrected chi connectivity index (χ2v) is 10.00. The number of nitrogens with one attached hydrogen (secondary N) is 1. The average molecular weight is 554 g/mol. The zero-order chi connectivity index (χ0) is 24.9. The standard InChI is InChI=1S/C23H19BrF3N3O3S/c1-16-8-10-21(11-9-16)34(32,33)30(20-7-3-6-19(24)13-20)15-22(31)29-28-14-17-4-2-5-18(12-17)23(25,26)27/h2-14H,15H2,1H3,(H,29,31)/b28-14+. The lowest BCUT2D eigenvalue weighted by molar-refractivity contribution is -0.137. The van der Waals surface area contributed by atoms with Crippen molar-refractivity contribution in [2.45, 2.75) is 18.0 Å². The quantitative estimate of drug-likeness (QED) is 0.325. The molecule has 34 heavy (non-hydrogen) atoms. The summed E-state index contributed by atoms with van der Waals surface area (Å²) in [5.74, 6) is -0.779. The second kappa shape index (κ2) is 10.4. The third-order valence-electron chi connectivity index (χ3n) is 4.61. The highest BCUT2D eigenvalue weighted by molar-refractivity contribution is 9.10. The number of carbonyl (C=O) groups is 1. The van der Waals surface area contributed by atoms with E-state index in [1.54, 1.807) is 30.3 Å². The van der Waals surface area contributed by atoms with Crippen LogP contribution >= 0.6 is 15.9 Å². The molecule has 1 amide bonds. The molecule has 0 aliphatic rings. The van der Waals surface area contributed by atoms with Gasteiger partial charge in [0, 0.05) is 4.47 Å². The Balaban J connectivity index is 1.82. The smallest absolute Gasteiger partial charge is 0.271 e. The van der Waals surface area contributed by atoms with E-state index in [9.17, 15) is 26.4 Å². The van der Waals surface area contributed by atoms with Crippen LogP contribution in [0.15, 0.2) is 87.3 Å². The molecule has 0 heterocycles. The largest absolute Gasteiger partial charge is 0.416 e. The van der Waals surface area contributed by atoms with Crippen molar-refractivity contribution in [1.29, 1.82) is 0 Å². The first-order valence-corrected chi connectivity index (χ1v) is 12.0.